The van der Waals surface area contributed by atoms with Crippen molar-refractivity contribution in [3.8, 4) is 0 Å². The van der Waals surface area contributed by atoms with Crippen LogP contribution in [0.1, 0.15) is 33.3 Å². The Bertz CT molecular complexity index is 807. The number of benzene rings is 2. The van der Waals surface area contributed by atoms with Crippen LogP contribution in [0.3, 0.4) is 0 Å². The van der Waals surface area contributed by atoms with Gasteiger partial charge in [-0.05, 0) is 29.8 Å². The van der Waals surface area contributed by atoms with Crippen LogP contribution in [0.25, 0.3) is 0 Å². The zero-order valence-electron chi connectivity index (χ0n) is 17.3. The van der Waals surface area contributed by atoms with Crippen molar-refractivity contribution >= 4 is 21.6 Å². The Hall–Kier alpha value is -1.36. The highest BCUT2D eigenvalue weighted by Crippen LogP contribution is 2.68. The lowest BCUT2D eigenvalue weighted by Crippen LogP contribution is -2.79. The minimum absolute atomic E-state index is 0.211. The summed E-state index contributed by atoms with van der Waals surface area (Å²) in [5.41, 5.74) is 1.08. The monoisotopic (exact) mass is 442 g/mol. The van der Waals surface area contributed by atoms with Gasteiger partial charge in [-0.25, -0.2) is 0 Å². The third-order valence-electron chi connectivity index (χ3n) is 7.29. The zero-order chi connectivity index (χ0) is 20.2. The Balaban J connectivity index is 1.52. The Morgan fingerprint density at radius 1 is 0.821 bits per heavy atom. The van der Waals surface area contributed by atoms with Crippen LogP contribution in [-0.4, -0.2) is 42.2 Å². The van der Waals surface area contributed by atoms with Crippen molar-refractivity contribution in [2.24, 2.45) is 10.8 Å². The number of nitrogens with zero attached hydrogens (tertiary/aromatic N) is 2. The van der Waals surface area contributed by atoms with Gasteiger partial charge >= 0.3 is 0 Å². The van der Waals surface area contributed by atoms with Crippen LogP contribution < -0.4 is 4.90 Å². The molecule has 0 aromatic heterocycles. The van der Waals surface area contributed by atoms with Gasteiger partial charge in [-0.3, -0.25) is 4.90 Å². The third-order valence-corrected chi connectivity index (χ3v) is 7.82. The van der Waals surface area contributed by atoms with Crippen molar-refractivity contribution in [1.29, 1.82) is 0 Å². The molecule has 2 aromatic carbocycles. The van der Waals surface area contributed by atoms with Gasteiger partial charge in [0.2, 0.25) is 0 Å². The second-order valence-electron chi connectivity index (χ2n) is 9.42. The number of hydrogen-bond acceptors (Lipinski definition) is 3. The molecule has 2 aliphatic rings. The minimum atomic E-state index is -0.825. The van der Waals surface area contributed by atoms with Gasteiger partial charge in [-0.15, -0.1) is 0 Å². The summed E-state index contributed by atoms with van der Waals surface area (Å²) in [6.45, 7) is 13.0. The largest absolute Gasteiger partial charge is 0.384 e. The fourth-order valence-corrected chi connectivity index (χ4v) is 6.54. The minimum Gasteiger partial charge on any atom is -0.384 e. The number of anilines is 1. The topological polar surface area (TPSA) is 26.7 Å². The van der Waals surface area contributed by atoms with E-state index in [1.54, 1.807) is 0 Å². The molecular weight excluding hydrogens is 412 g/mol. The molecule has 0 bridgehead atoms. The summed E-state index contributed by atoms with van der Waals surface area (Å²) >= 11 is 3.52. The van der Waals surface area contributed by atoms with Gasteiger partial charge in [0.1, 0.15) is 5.60 Å². The molecule has 1 heterocycles. The summed E-state index contributed by atoms with van der Waals surface area (Å²) in [4.78, 5) is 5.07. The first kappa shape index (κ1) is 19.9. The number of aliphatic hydroxyl groups is 1. The van der Waals surface area contributed by atoms with Crippen LogP contribution in [0.5, 0.6) is 0 Å². The van der Waals surface area contributed by atoms with E-state index in [2.05, 4.69) is 89.8 Å². The van der Waals surface area contributed by atoms with E-state index in [-0.39, 0.29) is 10.8 Å². The predicted molar refractivity (Wildman–Crippen MR) is 120 cm³/mol. The molecule has 1 saturated carbocycles. The SMILES string of the molecule is CC1(C)C(N2CCN(c3ccc(Br)cc3)CC2)C(C)(C)C1(O)c1ccccc1. The van der Waals surface area contributed by atoms with Crippen molar-refractivity contribution < 1.29 is 5.11 Å². The summed E-state index contributed by atoms with van der Waals surface area (Å²) in [6, 6.07) is 19.2. The average molecular weight is 443 g/mol. The van der Waals surface area contributed by atoms with Crippen LogP contribution in [0.15, 0.2) is 59.1 Å². The molecule has 2 fully saturated rings. The molecule has 0 amide bonds. The Labute approximate surface area is 177 Å². The van der Waals surface area contributed by atoms with Crippen molar-refractivity contribution in [3.05, 3.63) is 64.6 Å². The van der Waals surface area contributed by atoms with Crippen molar-refractivity contribution in [2.45, 2.75) is 39.3 Å². The molecule has 0 spiro atoms. The molecule has 150 valence electrons. The first-order valence-corrected chi connectivity index (χ1v) is 11.0. The molecule has 3 nitrogen and oxygen atoms in total. The van der Waals surface area contributed by atoms with E-state index in [0.29, 0.717) is 6.04 Å². The molecule has 0 atom stereocenters. The molecule has 4 rings (SSSR count). The highest BCUT2D eigenvalue weighted by molar-refractivity contribution is 9.10. The molecule has 4 heteroatoms. The van der Waals surface area contributed by atoms with Crippen molar-refractivity contribution in [3.63, 3.8) is 0 Å². The lowest BCUT2D eigenvalue weighted by Gasteiger charge is -2.72. The summed E-state index contributed by atoms with van der Waals surface area (Å²) in [6.07, 6.45) is 0. The van der Waals surface area contributed by atoms with Crippen molar-refractivity contribution in [1.82, 2.24) is 4.90 Å². The van der Waals surface area contributed by atoms with E-state index in [1.807, 2.05) is 18.2 Å². The van der Waals surface area contributed by atoms with Crippen LogP contribution in [0.4, 0.5) is 5.69 Å². The second kappa shape index (κ2) is 6.86. The van der Waals surface area contributed by atoms with Gasteiger partial charge in [-0.1, -0.05) is 74.0 Å². The van der Waals surface area contributed by atoms with E-state index >= 15 is 0 Å². The lowest BCUT2D eigenvalue weighted by atomic mass is 9.39. The number of rotatable bonds is 3. The summed E-state index contributed by atoms with van der Waals surface area (Å²) in [7, 11) is 0. The molecule has 1 aliphatic carbocycles. The van der Waals surface area contributed by atoms with Gasteiger partial charge in [0, 0.05) is 53.2 Å². The van der Waals surface area contributed by atoms with Gasteiger partial charge in [0.05, 0.1) is 0 Å². The Morgan fingerprint density at radius 2 is 1.36 bits per heavy atom. The van der Waals surface area contributed by atoms with Crippen LogP contribution in [0.2, 0.25) is 0 Å². The van der Waals surface area contributed by atoms with Gasteiger partial charge in [-0.2, -0.15) is 0 Å². The molecule has 1 saturated heterocycles. The quantitative estimate of drug-likeness (QED) is 0.732. The molecule has 28 heavy (non-hydrogen) atoms. The number of halogens is 1. The first-order chi connectivity index (χ1) is 13.2. The average Bonchev–Trinajstić information content (AvgIpc) is 2.68. The molecule has 0 unspecified atom stereocenters. The molecule has 0 radical (unpaired) electrons. The number of piperazine rings is 1. The highest BCUT2D eigenvalue weighted by atomic mass is 79.9. The van der Waals surface area contributed by atoms with E-state index in [0.717, 1.165) is 36.2 Å². The molecule has 2 aromatic rings. The smallest absolute Gasteiger partial charge is 0.103 e. The highest BCUT2D eigenvalue weighted by Gasteiger charge is 2.73. The van der Waals surface area contributed by atoms with E-state index in [1.165, 1.54) is 5.69 Å². The van der Waals surface area contributed by atoms with Crippen LogP contribution in [0, 0.1) is 10.8 Å². The summed E-state index contributed by atoms with van der Waals surface area (Å²) in [5, 5.41) is 11.9. The fourth-order valence-electron chi connectivity index (χ4n) is 6.28. The standard InChI is InChI=1S/C24H31BrN2O/c1-22(2)21(23(3,4)24(22,28)18-8-6-5-7-9-18)27-16-14-26(15-17-27)20-12-10-19(25)11-13-20/h5-13,21,28H,14-17H2,1-4H3. The van der Waals surface area contributed by atoms with Gasteiger partial charge < -0.3 is 10.0 Å². The van der Waals surface area contributed by atoms with Gasteiger partial charge in [0.15, 0.2) is 0 Å². The summed E-state index contributed by atoms with van der Waals surface area (Å²) in [5.74, 6) is 0. The molecular formula is C24H31BrN2O. The van der Waals surface area contributed by atoms with E-state index in [4.69, 9.17) is 0 Å². The summed E-state index contributed by atoms with van der Waals surface area (Å²) < 4.78 is 1.12. The van der Waals surface area contributed by atoms with E-state index < -0.39 is 5.60 Å². The maximum atomic E-state index is 11.9. The zero-order valence-corrected chi connectivity index (χ0v) is 18.9. The van der Waals surface area contributed by atoms with E-state index in [9.17, 15) is 5.11 Å². The molecule has 1 N–H and O–H groups in total. The first-order valence-electron chi connectivity index (χ1n) is 10.2. The normalized spacial score (nSPS) is 29.4. The Morgan fingerprint density at radius 3 is 1.89 bits per heavy atom. The van der Waals surface area contributed by atoms with Crippen LogP contribution >= 0.6 is 15.9 Å². The fraction of sp³-hybridized carbons (Fsp3) is 0.500. The third kappa shape index (κ3) is 2.76. The second-order valence-corrected chi connectivity index (χ2v) is 10.3. The van der Waals surface area contributed by atoms with Gasteiger partial charge in [0.25, 0.3) is 0 Å². The predicted octanol–water partition coefficient (Wildman–Crippen LogP) is 4.89. The van der Waals surface area contributed by atoms with Crippen molar-refractivity contribution in [2.75, 3.05) is 31.1 Å². The maximum Gasteiger partial charge on any atom is 0.103 e. The lowest BCUT2D eigenvalue weighted by molar-refractivity contribution is -0.307. The van der Waals surface area contributed by atoms with Crippen LogP contribution in [-0.2, 0) is 5.60 Å². The Kier molecular flexibility index (Phi) is 4.88. The number of hydrogen-bond donors (Lipinski definition) is 1. The molecule has 1 aliphatic heterocycles. The maximum absolute atomic E-state index is 11.9.